The molecule has 214 valence electrons. The quantitative estimate of drug-likeness (QED) is 0.390. The molecule has 2 heterocycles. The first-order chi connectivity index (χ1) is 18.9. The molecule has 1 fully saturated rings. The minimum absolute atomic E-state index is 0.123. The molecule has 2 N–H and O–H groups in total. The molecule has 2 amide bonds. The Balaban J connectivity index is 1.31. The summed E-state index contributed by atoms with van der Waals surface area (Å²) in [7, 11) is -2.52. The van der Waals surface area contributed by atoms with Crippen LogP contribution in [0.4, 0.5) is 14.5 Å². The third kappa shape index (κ3) is 6.63. The molecule has 40 heavy (non-hydrogen) atoms. The molecule has 0 unspecified atom stereocenters. The molecule has 14 heteroatoms. The fraction of sp³-hybridized carbons (Fsp3) is 0.346. The van der Waals surface area contributed by atoms with Crippen LogP contribution >= 0.6 is 0 Å². The molecule has 1 aliphatic heterocycles. The van der Waals surface area contributed by atoms with Crippen LogP contribution in [0, 0.1) is 11.6 Å². The molecule has 0 bridgehead atoms. The number of nitrogens with zero attached hydrogens (tertiary/aromatic N) is 3. The average Bonchev–Trinajstić information content (AvgIpc) is 3.44. The van der Waals surface area contributed by atoms with E-state index in [1.807, 2.05) is 4.90 Å². The number of amides is 2. The lowest BCUT2D eigenvalue weighted by molar-refractivity contribution is -0.137. The second-order valence-corrected chi connectivity index (χ2v) is 11.8. The van der Waals surface area contributed by atoms with Gasteiger partial charge < -0.3 is 19.8 Å². The number of benzene rings is 2. The molecule has 2 aromatic carbocycles. The van der Waals surface area contributed by atoms with E-state index in [9.17, 15) is 26.8 Å². The van der Waals surface area contributed by atoms with Crippen molar-refractivity contribution in [1.82, 2.24) is 19.5 Å². The number of carbonyl (C=O) groups is 2. The lowest BCUT2D eigenvalue weighted by Gasteiger charge is -2.38. The number of anilines is 1. The fourth-order valence-electron chi connectivity index (χ4n) is 4.39. The van der Waals surface area contributed by atoms with Gasteiger partial charge in [-0.05, 0) is 44.2 Å². The van der Waals surface area contributed by atoms with Crippen molar-refractivity contribution >= 4 is 27.5 Å². The van der Waals surface area contributed by atoms with Crippen molar-refractivity contribution in [2.24, 2.45) is 0 Å². The van der Waals surface area contributed by atoms with Gasteiger partial charge in [0.1, 0.15) is 5.75 Å². The molecular formula is C26H29F2N5O6S. The topological polar surface area (TPSA) is 134 Å². The molecule has 0 atom stereocenters. The third-order valence-electron chi connectivity index (χ3n) is 6.29. The summed E-state index contributed by atoms with van der Waals surface area (Å²) >= 11 is 0. The Morgan fingerprint density at radius 1 is 1.05 bits per heavy atom. The first kappa shape index (κ1) is 29.1. The number of methoxy groups -OCH3 is 1. The molecule has 0 radical (unpaired) electrons. The summed E-state index contributed by atoms with van der Waals surface area (Å²) in [6.07, 6.45) is 2.81. The van der Waals surface area contributed by atoms with Gasteiger partial charge in [0.05, 0.1) is 23.8 Å². The van der Waals surface area contributed by atoms with Crippen molar-refractivity contribution in [2.45, 2.75) is 24.3 Å². The van der Waals surface area contributed by atoms with E-state index in [2.05, 4.69) is 15.6 Å². The van der Waals surface area contributed by atoms with Crippen molar-refractivity contribution in [1.29, 1.82) is 0 Å². The number of hydrogen-bond donors (Lipinski definition) is 2. The largest absolute Gasteiger partial charge is 0.496 e. The molecule has 1 saturated heterocycles. The van der Waals surface area contributed by atoms with Gasteiger partial charge in [0.15, 0.2) is 23.8 Å². The van der Waals surface area contributed by atoms with Crippen LogP contribution in [0.2, 0.25) is 0 Å². The number of hydrogen-bond acceptors (Lipinski definition) is 8. The Bertz CT molecular complexity index is 1490. The maximum absolute atomic E-state index is 13.6. The number of piperazine rings is 1. The highest BCUT2D eigenvalue weighted by molar-refractivity contribution is 7.89. The van der Waals surface area contributed by atoms with Crippen LogP contribution in [0.15, 0.2) is 58.3 Å². The third-order valence-corrected chi connectivity index (χ3v) is 8.19. The lowest BCUT2D eigenvalue weighted by Crippen LogP contribution is -2.57. The maximum Gasteiger partial charge on any atom is 0.313 e. The van der Waals surface area contributed by atoms with E-state index in [0.717, 1.165) is 12.1 Å². The molecule has 11 nitrogen and oxygen atoms in total. The number of rotatable bonds is 8. The van der Waals surface area contributed by atoms with Crippen molar-refractivity contribution in [3.8, 4) is 17.1 Å². The van der Waals surface area contributed by atoms with E-state index in [1.54, 1.807) is 32.0 Å². The molecular weight excluding hydrogens is 548 g/mol. The predicted molar refractivity (Wildman–Crippen MR) is 141 cm³/mol. The summed E-state index contributed by atoms with van der Waals surface area (Å²) in [6, 6.07) is 7.31. The van der Waals surface area contributed by atoms with Gasteiger partial charge >= 0.3 is 11.8 Å². The van der Waals surface area contributed by atoms with Gasteiger partial charge in [0.2, 0.25) is 10.0 Å². The van der Waals surface area contributed by atoms with Gasteiger partial charge in [-0.15, -0.1) is 0 Å². The number of aromatic nitrogens is 1. The number of oxazole rings is 1. The number of ether oxygens (including phenoxy) is 1. The maximum atomic E-state index is 13.6. The zero-order chi connectivity index (χ0) is 29.1. The van der Waals surface area contributed by atoms with Crippen molar-refractivity contribution in [3.05, 3.63) is 60.6 Å². The van der Waals surface area contributed by atoms with E-state index in [4.69, 9.17) is 9.15 Å². The van der Waals surface area contributed by atoms with E-state index < -0.39 is 39.0 Å². The normalized spacial score (nSPS) is 15.0. The Hall–Kier alpha value is -3.88. The van der Waals surface area contributed by atoms with Crippen molar-refractivity contribution < 1.29 is 35.9 Å². The zero-order valence-electron chi connectivity index (χ0n) is 22.1. The summed E-state index contributed by atoms with van der Waals surface area (Å²) in [5, 5.41) is 5.25. The molecule has 3 aromatic rings. The molecule has 1 aliphatic rings. The molecule has 0 saturated carbocycles. The van der Waals surface area contributed by atoms with Gasteiger partial charge in [-0.3, -0.25) is 14.5 Å². The standard InChI is InChI=1S/C26H29F2N5O6S/c1-26(2,15-32-8-10-33(11-9-32)40(36,37)18-5-7-20(27)21(28)13-18)31-25(35)24(34)30-17-4-6-19(22(12-17)38-3)23-14-29-16-39-23/h4-7,12-14,16H,8-11,15H2,1-3H3,(H,30,34)(H,31,35). The summed E-state index contributed by atoms with van der Waals surface area (Å²) < 4.78 is 64.3. The Kier molecular flexibility index (Phi) is 8.51. The van der Waals surface area contributed by atoms with Crippen LogP contribution in [0.1, 0.15) is 13.8 Å². The van der Waals surface area contributed by atoms with Crippen LogP contribution in [-0.4, -0.2) is 79.8 Å². The SMILES string of the molecule is COc1cc(NC(=O)C(=O)NC(C)(C)CN2CCN(S(=O)(=O)c3ccc(F)c(F)c3)CC2)ccc1-c1cnco1. The van der Waals surface area contributed by atoms with E-state index >= 15 is 0 Å². The van der Waals surface area contributed by atoms with Gasteiger partial charge in [0, 0.05) is 50.0 Å². The van der Waals surface area contributed by atoms with E-state index in [0.29, 0.717) is 48.5 Å². The van der Waals surface area contributed by atoms with Gasteiger partial charge in [-0.25, -0.2) is 22.2 Å². The highest BCUT2D eigenvalue weighted by atomic mass is 32.2. The second kappa shape index (κ2) is 11.7. The zero-order valence-corrected chi connectivity index (χ0v) is 22.9. The highest BCUT2D eigenvalue weighted by Gasteiger charge is 2.32. The number of halogens is 2. The Labute approximate surface area is 230 Å². The summed E-state index contributed by atoms with van der Waals surface area (Å²) in [5.74, 6) is -3.17. The monoisotopic (exact) mass is 577 g/mol. The minimum Gasteiger partial charge on any atom is -0.496 e. The van der Waals surface area contributed by atoms with Gasteiger partial charge in [0.25, 0.3) is 0 Å². The lowest BCUT2D eigenvalue weighted by atomic mass is 10.0. The van der Waals surface area contributed by atoms with Crippen molar-refractivity contribution in [3.63, 3.8) is 0 Å². The van der Waals surface area contributed by atoms with Crippen LogP contribution < -0.4 is 15.4 Å². The van der Waals surface area contributed by atoms with E-state index in [-0.39, 0.29) is 18.0 Å². The smallest absolute Gasteiger partial charge is 0.313 e. The van der Waals surface area contributed by atoms with Crippen LogP contribution in [0.25, 0.3) is 11.3 Å². The molecule has 1 aromatic heterocycles. The second-order valence-electron chi connectivity index (χ2n) is 9.83. The predicted octanol–water partition coefficient (Wildman–Crippen LogP) is 2.47. The van der Waals surface area contributed by atoms with Crippen molar-refractivity contribution in [2.75, 3.05) is 45.2 Å². The fourth-order valence-corrected chi connectivity index (χ4v) is 5.82. The van der Waals surface area contributed by atoms with E-state index in [1.165, 1.54) is 24.0 Å². The molecule has 4 rings (SSSR count). The summed E-state index contributed by atoms with van der Waals surface area (Å²) in [6.45, 7) is 4.76. The van der Waals surface area contributed by atoms with Gasteiger partial charge in [-0.2, -0.15) is 4.31 Å². The number of nitrogens with one attached hydrogen (secondary N) is 2. The first-order valence-electron chi connectivity index (χ1n) is 12.3. The molecule has 0 spiro atoms. The highest BCUT2D eigenvalue weighted by Crippen LogP contribution is 2.32. The average molecular weight is 578 g/mol. The summed E-state index contributed by atoms with van der Waals surface area (Å²) in [5.41, 5.74) is 0.140. The van der Waals surface area contributed by atoms with Crippen LogP contribution in [0.3, 0.4) is 0 Å². The molecule has 0 aliphatic carbocycles. The number of carbonyl (C=O) groups excluding carboxylic acids is 2. The Morgan fingerprint density at radius 2 is 1.77 bits per heavy atom. The first-order valence-corrected chi connectivity index (χ1v) is 13.7. The van der Waals surface area contributed by atoms with Gasteiger partial charge in [-0.1, -0.05) is 0 Å². The number of sulfonamides is 1. The van der Waals surface area contributed by atoms with Crippen LogP contribution in [0.5, 0.6) is 5.75 Å². The Morgan fingerprint density at radius 3 is 2.40 bits per heavy atom. The summed E-state index contributed by atoms with van der Waals surface area (Å²) in [4.78, 5) is 30.8. The van der Waals surface area contributed by atoms with Crippen LogP contribution in [-0.2, 0) is 19.6 Å². The minimum atomic E-state index is -3.99.